The first-order valence-electron chi connectivity index (χ1n) is 14.1. The van der Waals surface area contributed by atoms with E-state index in [0.717, 1.165) is 44.0 Å². The Hall–Kier alpha value is -1.40. The third kappa shape index (κ3) is 3.71. The zero-order chi connectivity index (χ0) is 27.0. The molecule has 5 fully saturated rings. The highest BCUT2D eigenvalue weighted by Gasteiger charge is 2.68. The smallest absolute Gasteiger partial charge is 0.331 e. The third-order valence-electron chi connectivity index (χ3n) is 11.6. The fourth-order valence-electron chi connectivity index (χ4n) is 9.55. The predicted molar refractivity (Wildman–Crippen MR) is 130 cm³/mol. The molecule has 4 saturated carbocycles. The molecule has 0 aromatic carbocycles. The first-order valence-corrected chi connectivity index (χ1v) is 14.1. The lowest BCUT2D eigenvalue weighted by atomic mass is 9.43. The number of ether oxygens (including phenoxy) is 3. The first kappa shape index (κ1) is 26.8. The monoisotopic (exact) mass is 536 g/mol. The number of hydrogen-bond donors (Lipinski definition) is 5. The molecule has 0 aromatic rings. The summed E-state index contributed by atoms with van der Waals surface area (Å²) in [6.07, 6.45) is 1.11. The number of aldehydes is 1. The standard InChI is InChI=1S/C28H40O10/c1-26-7-5-18-19(28(26,35)9-6-17(26)14-10-20(30)36-12-14)3-2-15-11-16(4-8-27(15,18)13-29)37-25-23(33)21(31)22(32)24(34)38-25/h10,13,15-19,21-25,31-35H,2-9,11-12H2,1H3/t15?,16-,17+,18?,19?,21+,22+,23-,24+,25-,26+,27+,28-/m0/s1. The van der Waals surface area contributed by atoms with Gasteiger partial charge in [0, 0.05) is 16.9 Å². The maximum Gasteiger partial charge on any atom is 0.331 e. The van der Waals surface area contributed by atoms with Gasteiger partial charge >= 0.3 is 5.97 Å². The maximum absolute atomic E-state index is 12.9. The number of cyclic esters (lactones) is 1. The number of hydrogen-bond acceptors (Lipinski definition) is 10. The van der Waals surface area contributed by atoms with Crippen LogP contribution in [0.1, 0.15) is 64.7 Å². The van der Waals surface area contributed by atoms with Gasteiger partial charge in [0.1, 0.15) is 31.2 Å². The summed E-state index contributed by atoms with van der Waals surface area (Å²) in [5, 5.41) is 52.3. The van der Waals surface area contributed by atoms with Crippen molar-refractivity contribution in [3.05, 3.63) is 11.6 Å². The Balaban J connectivity index is 1.19. The largest absolute Gasteiger partial charge is 0.458 e. The number of fused-ring (bicyclic) bond motifs is 5. The maximum atomic E-state index is 12.9. The fraction of sp³-hybridized carbons (Fsp3) is 0.857. The van der Waals surface area contributed by atoms with Crippen molar-refractivity contribution in [3.8, 4) is 0 Å². The second-order valence-electron chi connectivity index (χ2n) is 12.9. The van der Waals surface area contributed by atoms with Gasteiger partial charge in [-0.3, -0.25) is 0 Å². The summed E-state index contributed by atoms with van der Waals surface area (Å²) in [6.45, 7) is 2.46. The van der Waals surface area contributed by atoms with Crippen LogP contribution >= 0.6 is 0 Å². The van der Waals surface area contributed by atoms with E-state index >= 15 is 0 Å². The summed E-state index contributed by atoms with van der Waals surface area (Å²) < 4.78 is 16.4. The highest BCUT2D eigenvalue weighted by molar-refractivity contribution is 5.85. The molecule has 0 spiro atoms. The zero-order valence-electron chi connectivity index (χ0n) is 21.8. The van der Waals surface area contributed by atoms with Gasteiger partial charge in [0.05, 0.1) is 11.7 Å². The number of aliphatic hydroxyl groups is 5. The lowest BCUT2D eigenvalue weighted by Gasteiger charge is -2.63. The van der Waals surface area contributed by atoms with Crippen molar-refractivity contribution in [2.24, 2.45) is 34.5 Å². The minimum absolute atomic E-state index is 0.000858. The SMILES string of the molecule is C[C@]12CCC3C(CCC4C[C@@H](O[C@H]5O[C@@H](O)[C@H](O)[C@@H](O)[C@@H]5O)CC[C@@]43C=O)[C@@]1(O)CC[C@@H]2C1=CC(=O)OC1. The van der Waals surface area contributed by atoms with Crippen LogP contribution in [0.4, 0.5) is 0 Å². The summed E-state index contributed by atoms with van der Waals surface area (Å²) >= 11 is 0. The van der Waals surface area contributed by atoms with Crippen LogP contribution in [0.3, 0.4) is 0 Å². The second-order valence-corrected chi connectivity index (χ2v) is 12.9. The molecule has 1 saturated heterocycles. The lowest BCUT2D eigenvalue weighted by Crippen LogP contribution is -2.63. The fourth-order valence-corrected chi connectivity index (χ4v) is 9.55. The number of aliphatic hydroxyl groups excluding tert-OH is 4. The molecule has 6 aliphatic rings. The topological polar surface area (TPSA) is 163 Å². The summed E-state index contributed by atoms with van der Waals surface area (Å²) in [7, 11) is 0. The van der Waals surface area contributed by atoms with Crippen LogP contribution in [0, 0.1) is 34.5 Å². The van der Waals surface area contributed by atoms with Gasteiger partial charge < -0.3 is 44.5 Å². The average molecular weight is 537 g/mol. The van der Waals surface area contributed by atoms with E-state index in [4.69, 9.17) is 14.2 Å². The molecule has 0 radical (unpaired) electrons. The van der Waals surface area contributed by atoms with Gasteiger partial charge in [0.2, 0.25) is 0 Å². The molecule has 13 atom stereocenters. The summed E-state index contributed by atoms with van der Waals surface area (Å²) in [6, 6.07) is 0. The molecule has 2 heterocycles. The molecule has 5 N–H and O–H groups in total. The van der Waals surface area contributed by atoms with Crippen molar-refractivity contribution >= 4 is 12.3 Å². The molecule has 6 rings (SSSR count). The van der Waals surface area contributed by atoms with Crippen molar-refractivity contribution in [2.45, 2.75) is 107 Å². The van der Waals surface area contributed by atoms with E-state index in [9.17, 15) is 35.1 Å². The molecule has 0 amide bonds. The second kappa shape index (κ2) is 9.33. The summed E-state index contributed by atoms with van der Waals surface area (Å²) in [5.41, 5.74) is -0.857. The number of carbonyl (C=O) groups is 2. The van der Waals surface area contributed by atoms with Gasteiger partial charge in [-0.1, -0.05) is 6.92 Å². The van der Waals surface area contributed by atoms with E-state index in [1.807, 2.05) is 0 Å². The van der Waals surface area contributed by atoms with Crippen LogP contribution in [0.15, 0.2) is 11.6 Å². The number of carbonyl (C=O) groups excluding carboxylic acids is 2. The van der Waals surface area contributed by atoms with Gasteiger partial charge in [-0.25, -0.2) is 4.79 Å². The van der Waals surface area contributed by atoms with Crippen LogP contribution in [-0.4, -0.2) is 87.0 Å². The first-order chi connectivity index (χ1) is 18.0. The Morgan fingerprint density at radius 1 is 0.974 bits per heavy atom. The van der Waals surface area contributed by atoms with Crippen molar-refractivity contribution < 1.29 is 49.3 Å². The highest BCUT2D eigenvalue weighted by atomic mass is 16.7. The summed E-state index contributed by atoms with van der Waals surface area (Å²) in [4.78, 5) is 24.7. The van der Waals surface area contributed by atoms with Crippen LogP contribution in [0.5, 0.6) is 0 Å². The van der Waals surface area contributed by atoms with Gasteiger partial charge in [0.15, 0.2) is 12.6 Å². The molecule has 3 unspecified atom stereocenters. The predicted octanol–water partition coefficient (Wildman–Crippen LogP) is 0.565. The van der Waals surface area contributed by atoms with Gasteiger partial charge in [-0.2, -0.15) is 0 Å². The minimum Gasteiger partial charge on any atom is -0.458 e. The average Bonchev–Trinajstić information content (AvgIpc) is 3.45. The highest BCUT2D eigenvalue weighted by Crippen LogP contribution is 2.69. The molecule has 10 nitrogen and oxygen atoms in total. The molecule has 0 aromatic heterocycles. The molecule has 0 bridgehead atoms. The van der Waals surface area contributed by atoms with Crippen molar-refractivity contribution in [2.75, 3.05) is 6.61 Å². The van der Waals surface area contributed by atoms with E-state index in [0.29, 0.717) is 32.3 Å². The number of rotatable bonds is 4. The molecule has 4 aliphatic carbocycles. The quantitative estimate of drug-likeness (QED) is 0.195. The molecule has 2 aliphatic heterocycles. The van der Waals surface area contributed by atoms with Gasteiger partial charge in [-0.15, -0.1) is 0 Å². The molecule has 212 valence electrons. The van der Waals surface area contributed by atoms with E-state index < -0.39 is 41.9 Å². The third-order valence-corrected chi connectivity index (χ3v) is 11.6. The van der Waals surface area contributed by atoms with Crippen LogP contribution in [-0.2, 0) is 23.8 Å². The zero-order valence-corrected chi connectivity index (χ0v) is 21.8. The van der Waals surface area contributed by atoms with E-state index in [1.165, 1.54) is 0 Å². The Kier molecular flexibility index (Phi) is 6.58. The van der Waals surface area contributed by atoms with E-state index in [1.54, 1.807) is 6.08 Å². The molecule has 10 heteroatoms. The molecular weight excluding hydrogens is 496 g/mol. The Morgan fingerprint density at radius 3 is 2.47 bits per heavy atom. The molecule has 38 heavy (non-hydrogen) atoms. The summed E-state index contributed by atoms with van der Waals surface area (Å²) in [5.74, 6) is -0.102. The van der Waals surface area contributed by atoms with Crippen molar-refractivity contribution in [3.63, 3.8) is 0 Å². The Bertz CT molecular complexity index is 1000. The van der Waals surface area contributed by atoms with Crippen molar-refractivity contribution in [1.29, 1.82) is 0 Å². The molecular formula is C28H40O10. The van der Waals surface area contributed by atoms with Gasteiger partial charge in [0.25, 0.3) is 0 Å². The minimum atomic E-state index is -1.66. The Morgan fingerprint density at radius 2 is 1.76 bits per heavy atom. The normalized spacial score (nSPS) is 54.4. The van der Waals surface area contributed by atoms with Gasteiger partial charge in [-0.05, 0) is 87.0 Å². The van der Waals surface area contributed by atoms with E-state index in [-0.39, 0.29) is 41.2 Å². The number of esters is 1. The van der Waals surface area contributed by atoms with Crippen LogP contribution < -0.4 is 0 Å². The lowest BCUT2D eigenvalue weighted by molar-refractivity contribution is -0.351. The van der Waals surface area contributed by atoms with Crippen LogP contribution in [0.2, 0.25) is 0 Å². The van der Waals surface area contributed by atoms with Crippen molar-refractivity contribution in [1.82, 2.24) is 0 Å². The van der Waals surface area contributed by atoms with E-state index in [2.05, 4.69) is 6.92 Å². The van der Waals surface area contributed by atoms with Crippen LogP contribution in [0.25, 0.3) is 0 Å². The Labute approximate surface area is 222 Å².